The summed E-state index contributed by atoms with van der Waals surface area (Å²) >= 11 is 4.79. The van der Waals surface area contributed by atoms with Gasteiger partial charge in [-0.2, -0.15) is 0 Å². The minimum absolute atomic E-state index is 0.531. The Morgan fingerprint density at radius 2 is 2.46 bits per heavy atom. The highest BCUT2D eigenvalue weighted by Crippen LogP contribution is 2.20. The molecule has 0 aromatic carbocycles. The van der Waals surface area contributed by atoms with E-state index in [9.17, 15) is 5.11 Å². The standard InChI is InChI=1S/C8H13BrN2OS/c1-3-8(2,12)5-10-7-11-6(9)4-13-7/h4,12H,3,5H2,1-2H3,(H,10,11). The van der Waals surface area contributed by atoms with Crippen LogP contribution in [0.3, 0.4) is 0 Å². The number of nitrogens with one attached hydrogen (secondary N) is 1. The molecule has 1 unspecified atom stereocenters. The molecule has 1 aromatic heterocycles. The number of aliphatic hydroxyl groups is 1. The van der Waals surface area contributed by atoms with Crippen LogP contribution in [-0.4, -0.2) is 22.2 Å². The Hall–Kier alpha value is -0.130. The smallest absolute Gasteiger partial charge is 0.183 e. The Morgan fingerprint density at radius 1 is 1.77 bits per heavy atom. The SMILES string of the molecule is CCC(C)(O)CNc1nc(Br)cs1. The first kappa shape index (κ1) is 10.9. The maximum Gasteiger partial charge on any atom is 0.183 e. The molecule has 0 spiro atoms. The molecule has 13 heavy (non-hydrogen) atoms. The molecule has 0 saturated heterocycles. The summed E-state index contributed by atoms with van der Waals surface area (Å²) in [5.41, 5.74) is -0.655. The number of hydrogen-bond donors (Lipinski definition) is 2. The first-order chi connectivity index (χ1) is 6.03. The molecule has 0 radical (unpaired) electrons. The molecule has 1 aromatic rings. The Kier molecular flexibility index (Phi) is 3.70. The van der Waals surface area contributed by atoms with E-state index in [4.69, 9.17) is 0 Å². The predicted molar refractivity (Wildman–Crippen MR) is 59.2 cm³/mol. The number of aromatic nitrogens is 1. The van der Waals surface area contributed by atoms with Crippen molar-refractivity contribution in [1.82, 2.24) is 4.98 Å². The fourth-order valence-corrected chi connectivity index (χ4v) is 1.87. The van der Waals surface area contributed by atoms with Crippen molar-refractivity contribution in [2.75, 3.05) is 11.9 Å². The van der Waals surface area contributed by atoms with E-state index in [0.717, 1.165) is 16.2 Å². The van der Waals surface area contributed by atoms with Crippen molar-refractivity contribution < 1.29 is 5.11 Å². The largest absolute Gasteiger partial charge is 0.388 e. The van der Waals surface area contributed by atoms with Gasteiger partial charge in [-0.1, -0.05) is 6.92 Å². The second-order valence-electron chi connectivity index (χ2n) is 3.18. The van der Waals surface area contributed by atoms with Crippen molar-refractivity contribution >= 4 is 32.4 Å². The monoisotopic (exact) mass is 264 g/mol. The van der Waals surface area contributed by atoms with Crippen molar-refractivity contribution in [2.24, 2.45) is 0 Å². The van der Waals surface area contributed by atoms with E-state index in [0.29, 0.717) is 6.54 Å². The van der Waals surface area contributed by atoms with E-state index in [2.05, 4.69) is 26.2 Å². The number of anilines is 1. The minimum Gasteiger partial charge on any atom is -0.388 e. The van der Waals surface area contributed by atoms with E-state index in [1.807, 2.05) is 19.2 Å². The van der Waals surface area contributed by atoms with Crippen LogP contribution in [0.2, 0.25) is 0 Å². The summed E-state index contributed by atoms with van der Waals surface area (Å²) in [6.45, 7) is 4.30. The summed E-state index contributed by atoms with van der Waals surface area (Å²) in [4.78, 5) is 4.16. The van der Waals surface area contributed by atoms with Gasteiger partial charge >= 0.3 is 0 Å². The Balaban J connectivity index is 2.43. The molecule has 0 aliphatic carbocycles. The molecule has 0 amide bonds. The lowest BCUT2D eigenvalue weighted by atomic mass is 10.0. The van der Waals surface area contributed by atoms with Gasteiger partial charge in [-0.3, -0.25) is 0 Å². The van der Waals surface area contributed by atoms with Crippen LogP contribution in [-0.2, 0) is 0 Å². The van der Waals surface area contributed by atoms with Crippen LogP contribution in [0.25, 0.3) is 0 Å². The quantitative estimate of drug-likeness (QED) is 0.879. The van der Waals surface area contributed by atoms with Crippen LogP contribution >= 0.6 is 27.3 Å². The molecule has 0 saturated carbocycles. The topological polar surface area (TPSA) is 45.1 Å². The maximum atomic E-state index is 9.69. The molecule has 1 heterocycles. The third-order valence-corrected chi connectivity index (χ3v) is 3.37. The van der Waals surface area contributed by atoms with Crippen molar-refractivity contribution in [3.63, 3.8) is 0 Å². The van der Waals surface area contributed by atoms with Gasteiger partial charge in [0.05, 0.1) is 5.60 Å². The first-order valence-electron chi connectivity index (χ1n) is 4.11. The van der Waals surface area contributed by atoms with E-state index in [-0.39, 0.29) is 0 Å². The molecule has 0 aliphatic heterocycles. The zero-order valence-electron chi connectivity index (χ0n) is 7.67. The van der Waals surface area contributed by atoms with Crippen molar-refractivity contribution in [3.05, 3.63) is 9.98 Å². The van der Waals surface area contributed by atoms with Crippen LogP contribution in [0.15, 0.2) is 9.98 Å². The third kappa shape index (κ3) is 3.62. The van der Waals surface area contributed by atoms with Crippen LogP contribution < -0.4 is 5.32 Å². The highest BCUT2D eigenvalue weighted by molar-refractivity contribution is 9.10. The second kappa shape index (κ2) is 4.39. The normalized spacial score (nSPS) is 15.4. The molecule has 3 nitrogen and oxygen atoms in total. The van der Waals surface area contributed by atoms with Gasteiger partial charge in [0.2, 0.25) is 0 Å². The average molecular weight is 265 g/mol. The fourth-order valence-electron chi connectivity index (χ4n) is 0.726. The molecule has 74 valence electrons. The molecule has 5 heteroatoms. The van der Waals surface area contributed by atoms with E-state index in [1.165, 1.54) is 11.3 Å². The van der Waals surface area contributed by atoms with Crippen LogP contribution in [0.1, 0.15) is 20.3 Å². The van der Waals surface area contributed by atoms with E-state index >= 15 is 0 Å². The van der Waals surface area contributed by atoms with Crippen molar-refractivity contribution in [1.29, 1.82) is 0 Å². The molecule has 2 N–H and O–H groups in total. The van der Waals surface area contributed by atoms with Gasteiger partial charge in [0.25, 0.3) is 0 Å². The lowest BCUT2D eigenvalue weighted by Crippen LogP contribution is -2.32. The number of thiazole rings is 1. The Bertz CT molecular complexity index is 275. The predicted octanol–water partition coefficient (Wildman–Crippen LogP) is 2.48. The number of nitrogens with zero attached hydrogens (tertiary/aromatic N) is 1. The summed E-state index contributed by atoms with van der Waals surface area (Å²) in [5.74, 6) is 0. The van der Waals surface area contributed by atoms with Gasteiger partial charge in [-0.05, 0) is 29.3 Å². The summed E-state index contributed by atoms with van der Waals surface area (Å²) in [7, 11) is 0. The number of rotatable bonds is 4. The third-order valence-electron chi connectivity index (χ3n) is 1.86. The lowest BCUT2D eigenvalue weighted by Gasteiger charge is -2.20. The van der Waals surface area contributed by atoms with Crippen molar-refractivity contribution in [2.45, 2.75) is 25.9 Å². The van der Waals surface area contributed by atoms with Crippen LogP contribution in [0.4, 0.5) is 5.13 Å². The molecule has 1 rings (SSSR count). The van der Waals surface area contributed by atoms with Gasteiger partial charge in [0.1, 0.15) is 4.60 Å². The zero-order valence-corrected chi connectivity index (χ0v) is 10.1. The minimum atomic E-state index is -0.655. The number of hydrogen-bond acceptors (Lipinski definition) is 4. The summed E-state index contributed by atoms with van der Waals surface area (Å²) in [5, 5.41) is 15.5. The highest BCUT2D eigenvalue weighted by Gasteiger charge is 2.17. The van der Waals surface area contributed by atoms with Crippen molar-refractivity contribution in [3.8, 4) is 0 Å². The molecular weight excluding hydrogens is 252 g/mol. The molecular formula is C8H13BrN2OS. The number of halogens is 1. The van der Waals surface area contributed by atoms with E-state index < -0.39 is 5.60 Å². The summed E-state index contributed by atoms with van der Waals surface area (Å²) < 4.78 is 0.830. The van der Waals surface area contributed by atoms with Gasteiger partial charge in [-0.25, -0.2) is 4.98 Å². The van der Waals surface area contributed by atoms with Crippen LogP contribution in [0, 0.1) is 0 Å². The van der Waals surface area contributed by atoms with Gasteiger partial charge in [0, 0.05) is 11.9 Å². The van der Waals surface area contributed by atoms with Crippen LogP contribution in [0.5, 0.6) is 0 Å². The summed E-state index contributed by atoms with van der Waals surface area (Å²) in [6.07, 6.45) is 0.729. The molecule has 1 atom stereocenters. The summed E-state index contributed by atoms with van der Waals surface area (Å²) in [6, 6.07) is 0. The first-order valence-corrected chi connectivity index (χ1v) is 5.78. The molecule has 0 bridgehead atoms. The molecule has 0 aliphatic rings. The lowest BCUT2D eigenvalue weighted by molar-refractivity contribution is 0.0697. The maximum absolute atomic E-state index is 9.69. The van der Waals surface area contributed by atoms with Gasteiger partial charge < -0.3 is 10.4 Å². The Labute approximate surface area is 90.3 Å². The average Bonchev–Trinajstić information content (AvgIpc) is 2.48. The van der Waals surface area contributed by atoms with Gasteiger partial charge in [0.15, 0.2) is 5.13 Å². The zero-order chi connectivity index (χ0) is 9.90. The molecule has 0 fully saturated rings. The Morgan fingerprint density at radius 3 is 2.92 bits per heavy atom. The van der Waals surface area contributed by atoms with Gasteiger partial charge in [-0.15, -0.1) is 11.3 Å². The second-order valence-corrected chi connectivity index (χ2v) is 4.85. The fraction of sp³-hybridized carbons (Fsp3) is 0.625. The van der Waals surface area contributed by atoms with E-state index in [1.54, 1.807) is 0 Å². The highest BCUT2D eigenvalue weighted by atomic mass is 79.9.